The summed E-state index contributed by atoms with van der Waals surface area (Å²) in [6.45, 7) is 6.94. The van der Waals surface area contributed by atoms with Crippen molar-refractivity contribution in [3.05, 3.63) is 136 Å². The summed E-state index contributed by atoms with van der Waals surface area (Å²) in [5.41, 5.74) is 14.7. The van der Waals surface area contributed by atoms with Crippen LogP contribution in [-0.4, -0.2) is 0 Å². The zero-order valence-electron chi connectivity index (χ0n) is 22.1. The van der Waals surface area contributed by atoms with Crippen LogP contribution in [0.3, 0.4) is 0 Å². The second-order valence-corrected chi connectivity index (χ2v) is 10.6. The Bertz CT molecular complexity index is 1340. The minimum absolute atomic E-state index is 0.105. The molecule has 3 aromatic rings. The summed E-state index contributed by atoms with van der Waals surface area (Å²) in [6.07, 6.45) is 17.5. The molecule has 0 saturated carbocycles. The zero-order chi connectivity index (χ0) is 25.0. The first-order valence-corrected chi connectivity index (χ1v) is 13.7. The van der Waals surface area contributed by atoms with E-state index in [-0.39, 0.29) is 5.41 Å². The third-order valence-electron chi connectivity index (χ3n) is 8.20. The first kappa shape index (κ1) is 24.4. The molecule has 36 heavy (non-hydrogen) atoms. The van der Waals surface area contributed by atoms with E-state index in [0.717, 1.165) is 25.7 Å². The minimum Gasteiger partial charge on any atom is -0.121 e. The molecule has 0 aliphatic heterocycles. The average molecular weight is 471 g/mol. The molecule has 0 heteroatoms. The van der Waals surface area contributed by atoms with E-state index in [1.165, 1.54) is 57.4 Å². The van der Waals surface area contributed by atoms with Crippen molar-refractivity contribution >= 4 is 0 Å². The Balaban J connectivity index is 1.74. The van der Waals surface area contributed by atoms with Crippen LogP contribution in [0.5, 0.6) is 0 Å². The maximum atomic E-state index is 3.25. The fourth-order valence-corrected chi connectivity index (χ4v) is 5.99. The summed E-state index contributed by atoms with van der Waals surface area (Å²) in [5, 5.41) is 0. The lowest BCUT2D eigenvalue weighted by molar-refractivity contribution is 0.520. The van der Waals surface area contributed by atoms with Crippen LogP contribution in [0.25, 0.3) is 11.1 Å². The second-order valence-electron chi connectivity index (χ2n) is 10.6. The molecule has 2 aliphatic rings. The van der Waals surface area contributed by atoms with Crippen LogP contribution in [0.4, 0.5) is 0 Å². The lowest BCUT2D eigenvalue weighted by atomic mass is 9.68. The molecule has 2 atom stereocenters. The predicted octanol–water partition coefficient (Wildman–Crippen LogP) is 9.65. The number of unbranched alkanes of at least 4 members (excludes halogenated alkanes) is 1. The monoisotopic (exact) mass is 470 g/mol. The van der Waals surface area contributed by atoms with E-state index >= 15 is 0 Å². The molecule has 182 valence electrons. The molecule has 2 unspecified atom stereocenters. The molecule has 0 fully saturated rings. The van der Waals surface area contributed by atoms with Crippen molar-refractivity contribution in [1.82, 2.24) is 0 Å². The Kier molecular flexibility index (Phi) is 7.26. The fourth-order valence-electron chi connectivity index (χ4n) is 5.99. The van der Waals surface area contributed by atoms with Gasteiger partial charge in [0, 0.05) is 5.41 Å². The number of benzene rings is 3. The van der Waals surface area contributed by atoms with Gasteiger partial charge in [-0.25, -0.2) is 0 Å². The first-order chi connectivity index (χ1) is 17.6. The highest BCUT2D eigenvalue weighted by molar-refractivity contribution is 5.82. The number of hydrogen-bond acceptors (Lipinski definition) is 0. The van der Waals surface area contributed by atoms with Gasteiger partial charge in [-0.15, -0.1) is 5.73 Å². The van der Waals surface area contributed by atoms with Crippen LogP contribution < -0.4 is 0 Å². The van der Waals surface area contributed by atoms with Crippen molar-refractivity contribution in [1.29, 1.82) is 0 Å². The van der Waals surface area contributed by atoms with E-state index in [2.05, 4.69) is 118 Å². The molecule has 0 N–H and O–H groups in total. The zero-order valence-corrected chi connectivity index (χ0v) is 22.1. The molecular formula is C36H38. The van der Waals surface area contributed by atoms with Gasteiger partial charge in [0.05, 0.1) is 0 Å². The van der Waals surface area contributed by atoms with Gasteiger partial charge >= 0.3 is 0 Å². The van der Waals surface area contributed by atoms with Crippen molar-refractivity contribution in [2.45, 2.75) is 70.6 Å². The van der Waals surface area contributed by atoms with Gasteiger partial charge in [-0.05, 0) is 94.7 Å². The third kappa shape index (κ3) is 4.71. The molecule has 0 spiro atoms. The molecule has 0 radical (unpaired) electrons. The summed E-state index contributed by atoms with van der Waals surface area (Å²) in [4.78, 5) is 0. The summed E-state index contributed by atoms with van der Waals surface area (Å²) in [7, 11) is 0. The maximum absolute atomic E-state index is 3.25. The fraction of sp³-hybridized carbons (Fsp3) is 0.306. The number of allylic oxidation sites excluding steroid dienone is 5. The van der Waals surface area contributed by atoms with Crippen LogP contribution in [0.15, 0.2) is 108 Å². The van der Waals surface area contributed by atoms with Crippen LogP contribution in [0, 0.1) is 0 Å². The number of rotatable bonds is 9. The third-order valence-corrected chi connectivity index (χ3v) is 8.20. The standard InChI is InChI=1S/C36H38/c1-4-6-14-28-19-21-32-33-22-20-31(27(3)5-2)24-35(33)36(34(32)23-28,26-30-17-12-9-13-18-30)25-29-15-10-7-8-11-16-29/h7,9-13,15-24,27H,4-6,14,25-26H2,1-3H3. The van der Waals surface area contributed by atoms with Crippen molar-refractivity contribution in [3.8, 4) is 11.1 Å². The Morgan fingerprint density at radius 1 is 0.806 bits per heavy atom. The maximum Gasteiger partial charge on any atom is 0.0295 e. The highest BCUT2D eigenvalue weighted by Crippen LogP contribution is 2.54. The van der Waals surface area contributed by atoms with Gasteiger partial charge in [0.2, 0.25) is 0 Å². The Morgan fingerprint density at radius 2 is 1.58 bits per heavy atom. The van der Waals surface area contributed by atoms with E-state index in [1.54, 1.807) is 0 Å². The molecule has 0 aromatic heterocycles. The van der Waals surface area contributed by atoms with Crippen LogP contribution in [-0.2, 0) is 18.3 Å². The Labute approximate surface area is 217 Å². The molecule has 0 saturated heterocycles. The van der Waals surface area contributed by atoms with E-state index in [9.17, 15) is 0 Å². The minimum atomic E-state index is -0.105. The smallest absolute Gasteiger partial charge is 0.0295 e. The SMILES string of the molecule is CCCCc1ccc2c(c1)C(CC1=CC=C=CC=C1)(Cc1ccccc1)c1cc(C(C)CC)ccc1-2. The number of aryl methyl sites for hydroxylation is 1. The van der Waals surface area contributed by atoms with Gasteiger partial charge in [0.1, 0.15) is 0 Å². The van der Waals surface area contributed by atoms with Crippen molar-refractivity contribution in [3.63, 3.8) is 0 Å². The van der Waals surface area contributed by atoms with Crippen molar-refractivity contribution in [2.24, 2.45) is 0 Å². The predicted molar refractivity (Wildman–Crippen MR) is 155 cm³/mol. The number of hydrogen-bond donors (Lipinski definition) is 0. The molecule has 0 amide bonds. The highest BCUT2D eigenvalue weighted by Gasteiger charge is 2.44. The van der Waals surface area contributed by atoms with Crippen LogP contribution in [0.2, 0.25) is 0 Å². The molecule has 2 aliphatic carbocycles. The number of fused-ring (bicyclic) bond motifs is 3. The first-order valence-electron chi connectivity index (χ1n) is 13.7. The van der Waals surface area contributed by atoms with Crippen LogP contribution >= 0.6 is 0 Å². The van der Waals surface area contributed by atoms with Crippen molar-refractivity contribution < 1.29 is 0 Å². The normalized spacial score (nSPS) is 18.5. The van der Waals surface area contributed by atoms with E-state index < -0.39 is 0 Å². The van der Waals surface area contributed by atoms with Gasteiger partial charge in [-0.2, -0.15) is 0 Å². The van der Waals surface area contributed by atoms with Gasteiger partial charge in [0.15, 0.2) is 0 Å². The van der Waals surface area contributed by atoms with Gasteiger partial charge < -0.3 is 0 Å². The van der Waals surface area contributed by atoms with Gasteiger partial charge in [0.25, 0.3) is 0 Å². The highest BCUT2D eigenvalue weighted by atomic mass is 14.5. The van der Waals surface area contributed by atoms with Crippen molar-refractivity contribution in [2.75, 3.05) is 0 Å². The average Bonchev–Trinajstić information content (AvgIpc) is 3.05. The Morgan fingerprint density at radius 3 is 2.36 bits per heavy atom. The summed E-state index contributed by atoms with van der Waals surface area (Å²) in [5.74, 6) is 0.553. The van der Waals surface area contributed by atoms with Crippen LogP contribution in [0.1, 0.15) is 80.2 Å². The molecule has 0 heterocycles. The molecular weight excluding hydrogens is 432 g/mol. The lowest BCUT2D eigenvalue weighted by Gasteiger charge is -2.34. The summed E-state index contributed by atoms with van der Waals surface area (Å²) < 4.78 is 0. The lowest BCUT2D eigenvalue weighted by Crippen LogP contribution is -2.29. The summed E-state index contributed by atoms with van der Waals surface area (Å²) in [6, 6.07) is 25.8. The molecule has 0 nitrogen and oxygen atoms in total. The van der Waals surface area contributed by atoms with Gasteiger partial charge in [-0.3, -0.25) is 0 Å². The second kappa shape index (κ2) is 10.7. The Hall–Kier alpha value is -3.34. The van der Waals surface area contributed by atoms with E-state index in [4.69, 9.17) is 0 Å². The van der Waals surface area contributed by atoms with E-state index in [0.29, 0.717) is 5.92 Å². The topological polar surface area (TPSA) is 0 Å². The van der Waals surface area contributed by atoms with E-state index in [1.807, 2.05) is 6.08 Å². The molecule has 3 aromatic carbocycles. The largest absolute Gasteiger partial charge is 0.121 e. The molecule has 5 rings (SSSR count). The van der Waals surface area contributed by atoms with Gasteiger partial charge in [-0.1, -0.05) is 112 Å². The summed E-state index contributed by atoms with van der Waals surface area (Å²) >= 11 is 0. The molecule has 0 bridgehead atoms. The quantitative estimate of drug-likeness (QED) is 0.273.